The van der Waals surface area contributed by atoms with E-state index < -0.39 is 0 Å². The molecule has 3 fully saturated rings. The summed E-state index contributed by atoms with van der Waals surface area (Å²) < 4.78 is 1.46. The van der Waals surface area contributed by atoms with Crippen molar-refractivity contribution < 1.29 is 28.5 Å². The van der Waals surface area contributed by atoms with E-state index in [0.29, 0.717) is 0 Å². The van der Waals surface area contributed by atoms with Crippen molar-refractivity contribution in [1.29, 1.82) is 0 Å². The topological polar surface area (TPSA) is 3.24 Å². The lowest BCUT2D eigenvalue weighted by Crippen LogP contribution is -3.00. The van der Waals surface area contributed by atoms with Crippen molar-refractivity contribution in [3.63, 3.8) is 0 Å². The molecule has 0 aromatic carbocycles. The summed E-state index contributed by atoms with van der Waals surface area (Å²) in [6, 6.07) is 0. The van der Waals surface area contributed by atoms with Crippen molar-refractivity contribution in [2.75, 3.05) is 45.8 Å². The molecular weight excluding hydrogens is 299 g/mol. The van der Waals surface area contributed by atoms with Gasteiger partial charge in [-0.1, -0.05) is 19.8 Å². The number of fused-ring (bicyclic) bond motifs is 3. The third-order valence-corrected chi connectivity index (χ3v) is 4.16. The number of piperazine rings is 3. The van der Waals surface area contributed by atoms with E-state index in [-0.39, 0.29) is 24.0 Å². The summed E-state index contributed by atoms with van der Waals surface area (Å²) in [5.74, 6) is 0. The van der Waals surface area contributed by atoms with Gasteiger partial charge in [0.15, 0.2) is 0 Å². The lowest BCUT2D eigenvalue weighted by atomic mass is 10.1. The largest absolute Gasteiger partial charge is 1.00 e. The Labute approximate surface area is 112 Å². The highest BCUT2D eigenvalue weighted by atomic mass is 127. The van der Waals surface area contributed by atoms with Crippen LogP contribution in [0.5, 0.6) is 0 Å². The summed E-state index contributed by atoms with van der Waals surface area (Å²) in [5.41, 5.74) is 0. The van der Waals surface area contributed by atoms with Gasteiger partial charge in [0.2, 0.25) is 0 Å². The fourth-order valence-electron chi connectivity index (χ4n) is 2.94. The molecule has 3 saturated heterocycles. The van der Waals surface area contributed by atoms with Gasteiger partial charge in [0.05, 0.1) is 26.2 Å². The first-order valence-electron chi connectivity index (χ1n) is 6.42. The standard InChI is InChI=1S/C12H25N2.HI/c1-2-3-4-5-9-14-10-6-13(7-11-14)8-12-14;/h2-12H2,1H3;1H/q+1;/p-1. The number of nitrogens with zero attached hydrogens (tertiary/aromatic N) is 2. The number of unbranched alkanes of at least 4 members (excludes halogenated alkanes) is 3. The van der Waals surface area contributed by atoms with Crippen LogP contribution in [-0.2, 0) is 0 Å². The van der Waals surface area contributed by atoms with E-state index in [1.807, 2.05) is 0 Å². The zero-order chi connectivity index (χ0) is 9.86. The summed E-state index contributed by atoms with van der Waals surface area (Å²) in [6.45, 7) is 12.2. The monoisotopic (exact) mass is 324 g/mol. The van der Waals surface area contributed by atoms with Crippen LogP contribution in [0, 0.1) is 0 Å². The van der Waals surface area contributed by atoms with Crippen molar-refractivity contribution in [2.24, 2.45) is 0 Å². The van der Waals surface area contributed by atoms with Crippen molar-refractivity contribution in [3.05, 3.63) is 0 Å². The van der Waals surface area contributed by atoms with Crippen molar-refractivity contribution in [2.45, 2.75) is 32.6 Å². The van der Waals surface area contributed by atoms with E-state index in [4.69, 9.17) is 0 Å². The molecule has 0 aliphatic carbocycles. The molecule has 0 radical (unpaired) electrons. The Morgan fingerprint density at radius 2 is 1.53 bits per heavy atom. The van der Waals surface area contributed by atoms with Crippen molar-refractivity contribution in [3.8, 4) is 0 Å². The van der Waals surface area contributed by atoms with Gasteiger partial charge >= 0.3 is 0 Å². The second kappa shape index (κ2) is 6.40. The van der Waals surface area contributed by atoms with E-state index in [1.165, 1.54) is 76.0 Å². The summed E-state index contributed by atoms with van der Waals surface area (Å²) in [5, 5.41) is 0. The van der Waals surface area contributed by atoms with E-state index in [9.17, 15) is 0 Å². The number of hydrogen-bond acceptors (Lipinski definition) is 1. The van der Waals surface area contributed by atoms with Gasteiger partial charge in [-0.25, -0.2) is 0 Å². The molecule has 3 rings (SSSR count). The number of halogens is 1. The number of hydrogen-bond donors (Lipinski definition) is 0. The van der Waals surface area contributed by atoms with Crippen LogP contribution in [0.4, 0.5) is 0 Å². The fourth-order valence-corrected chi connectivity index (χ4v) is 2.94. The molecule has 0 saturated carbocycles. The highest BCUT2D eigenvalue weighted by Gasteiger charge is 2.37. The van der Waals surface area contributed by atoms with Crippen molar-refractivity contribution >= 4 is 0 Å². The van der Waals surface area contributed by atoms with Gasteiger partial charge in [-0.2, -0.15) is 0 Å². The average molecular weight is 324 g/mol. The Hall–Kier alpha value is 0.650. The molecule has 3 heteroatoms. The first-order valence-corrected chi connectivity index (χ1v) is 6.42. The Morgan fingerprint density at radius 3 is 2.07 bits per heavy atom. The molecule has 0 aromatic rings. The van der Waals surface area contributed by atoms with Crippen LogP contribution in [0.25, 0.3) is 0 Å². The quantitative estimate of drug-likeness (QED) is 0.346. The van der Waals surface area contributed by atoms with Gasteiger partial charge in [-0.15, -0.1) is 0 Å². The molecule has 0 amide bonds. The molecule has 15 heavy (non-hydrogen) atoms. The predicted octanol–water partition coefficient (Wildman–Crippen LogP) is -1.28. The molecular formula is C12H25IN2. The molecule has 0 N–H and O–H groups in total. The van der Waals surface area contributed by atoms with Crippen LogP contribution in [0.15, 0.2) is 0 Å². The molecule has 0 aromatic heterocycles. The van der Waals surface area contributed by atoms with Gasteiger partial charge in [0, 0.05) is 19.6 Å². The van der Waals surface area contributed by atoms with E-state index in [2.05, 4.69) is 11.8 Å². The number of quaternary nitrogens is 1. The minimum atomic E-state index is 0. The maximum atomic E-state index is 2.63. The molecule has 0 atom stereocenters. The summed E-state index contributed by atoms with van der Waals surface area (Å²) in [6.07, 6.45) is 5.73. The van der Waals surface area contributed by atoms with E-state index >= 15 is 0 Å². The van der Waals surface area contributed by atoms with E-state index in [1.54, 1.807) is 0 Å². The molecule has 0 unspecified atom stereocenters. The highest BCUT2D eigenvalue weighted by Crippen LogP contribution is 2.20. The van der Waals surface area contributed by atoms with Gasteiger partial charge in [-0.05, 0) is 12.8 Å². The zero-order valence-electron chi connectivity index (χ0n) is 10.1. The lowest BCUT2D eigenvalue weighted by Gasteiger charge is -2.50. The van der Waals surface area contributed by atoms with Crippen LogP contribution in [0.3, 0.4) is 0 Å². The van der Waals surface area contributed by atoms with Crippen molar-refractivity contribution in [1.82, 2.24) is 4.90 Å². The molecule has 2 bridgehead atoms. The first-order chi connectivity index (χ1) is 6.85. The third-order valence-electron chi connectivity index (χ3n) is 4.16. The van der Waals surface area contributed by atoms with Gasteiger partial charge in [0.25, 0.3) is 0 Å². The second-order valence-electron chi connectivity index (χ2n) is 5.14. The highest BCUT2D eigenvalue weighted by molar-refractivity contribution is 4.70. The molecule has 3 heterocycles. The summed E-state index contributed by atoms with van der Waals surface area (Å²) in [7, 11) is 0. The minimum absolute atomic E-state index is 0. The Bertz CT molecular complexity index is 163. The summed E-state index contributed by atoms with van der Waals surface area (Å²) >= 11 is 0. The predicted molar refractivity (Wildman–Crippen MR) is 60.3 cm³/mol. The lowest BCUT2D eigenvalue weighted by molar-refractivity contribution is -0.941. The second-order valence-corrected chi connectivity index (χ2v) is 5.14. The van der Waals surface area contributed by atoms with Gasteiger partial charge in [0.1, 0.15) is 0 Å². The molecule has 3 aliphatic heterocycles. The Kier molecular flexibility index (Phi) is 5.85. The maximum Gasteiger partial charge on any atom is 0.0916 e. The van der Waals surface area contributed by atoms with Gasteiger partial charge < -0.3 is 28.5 Å². The zero-order valence-corrected chi connectivity index (χ0v) is 12.2. The van der Waals surface area contributed by atoms with Crippen LogP contribution >= 0.6 is 0 Å². The van der Waals surface area contributed by atoms with Gasteiger partial charge in [-0.3, -0.25) is 4.90 Å². The smallest absolute Gasteiger partial charge is 0.0916 e. The normalized spacial score (nSPS) is 33.8. The van der Waals surface area contributed by atoms with Crippen LogP contribution < -0.4 is 24.0 Å². The van der Waals surface area contributed by atoms with Crippen LogP contribution in [0.2, 0.25) is 0 Å². The average Bonchev–Trinajstić information content (AvgIpc) is 2.27. The maximum absolute atomic E-state index is 2.63. The molecule has 3 aliphatic rings. The van der Waals surface area contributed by atoms with Crippen LogP contribution in [-0.4, -0.2) is 55.2 Å². The van der Waals surface area contributed by atoms with Crippen LogP contribution in [0.1, 0.15) is 32.6 Å². The Balaban J connectivity index is 0.00000112. The molecule has 0 spiro atoms. The molecule has 90 valence electrons. The fraction of sp³-hybridized carbons (Fsp3) is 1.00. The third kappa shape index (κ3) is 3.56. The number of rotatable bonds is 5. The Morgan fingerprint density at radius 1 is 0.933 bits per heavy atom. The SMILES string of the molecule is CCCCCC[N+]12CCN(CC1)CC2.[I-]. The minimum Gasteiger partial charge on any atom is -1.00 e. The first kappa shape index (κ1) is 13.7. The van der Waals surface area contributed by atoms with E-state index in [0.717, 1.165) is 0 Å². The molecule has 2 nitrogen and oxygen atoms in total. The summed E-state index contributed by atoms with van der Waals surface area (Å²) in [4.78, 5) is 2.63.